The lowest BCUT2D eigenvalue weighted by molar-refractivity contribution is 0.171. The predicted octanol–water partition coefficient (Wildman–Crippen LogP) is 3.97. The van der Waals surface area contributed by atoms with Crippen molar-refractivity contribution in [2.45, 2.75) is 11.8 Å². The maximum atomic E-state index is 5.60. The van der Waals surface area contributed by atoms with E-state index in [1.165, 1.54) is 16.1 Å². The number of fused-ring (bicyclic) bond motifs is 1. The van der Waals surface area contributed by atoms with Crippen LogP contribution in [0.15, 0.2) is 47.4 Å². The van der Waals surface area contributed by atoms with E-state index >= 15 is 0 Å². The summed E-state index contributed by atoms with van der Waals surface area (Å²) in [5.74, 6) is 2.72. The Morgan fingerprint density at radius 2 is 1.86 bits per heavy atom. The second kappa shape index (κ2) is 6.76. The number of anilines is 1. The third-order valence-electron chi connectivity index (χ3n) is 3.34. The molecule has 0 aliphatic carbocycles. The molecule has 0 amide bonds. The molecule has 0 unspecified atom stereocenters. The Balaban J connectivity index is 1.50. The van der Waals surface area contributed by atoms with Crippen molar-refractivity contribution in [2.75, 3.05) is 30.8 Å². The van der Waals surface area contributed by atoms with Crippen LogP contribution in [0.5, 0.6) is 11.5 Å². The van der Waals surface area contributed by atoms with Gasteiger partial charge in [0.2, 0.25) is 0 Å². The van der Waals surface area contributed by atoms with Crippen molar-refractivity contribution in [3.8, 4) is 11.5 Å². The van der Waals surface area contributed by atoms with Gasteiger partial charge in [0.25, 0.3) is 0 Å². The zero-order chi connectivity index (χ0) is 14.5. The fourth-order valence-electron chi connectivity index (χ4n) is 2.24. The molecule has 0 saturated carbocycles. The third kappa shape index (κ3) is 3.64. The van der Waals surface area contributed by atoms with E-state index in [1.54, 1.807) is 0 Å². The number of nitrogens with one attached hydrogen (secondary N) is 1. The second-order valence-corrected chi connectivity index (χ2v) is 6.06. The van der Waals surface area contributed by atoms with Gasteiger partial charge in [0, 0.05) is 22.9 Å². The summed E-state index contributed by atoms with van der Waals surface area (Å²) in [4.78, 5) is 1.21. The van der Waals surface area contributed by atoms with E-state index in [2.05, 4.69) is 48.6 Å². The first kappa shape index (κ1) is 14.1. The average Bonchev–Trinajstić information content (AvgIpc) is 2.53. The molecule has 0 spiro atoms. The van der Waals surface area contributed by atoms with Crippen molar-refractivity contribution < 1.29 is 9.47 Å². The summed E-state index contributed by atoms with van der Waals surface area (Å²) in [6, 6.07) is 14.5. The van der Waals surface area contributed by atoms with E-state index < -0.39 is 0 Å². The Morgan fingerprint density at radius 1 is 1.05 bits per heavy atom. The Labute approximate surface area is 129 Å². The molecule has 0 saturated heterocycles. The monoisotopic (exact) mass is 301 g/mol. The average molecular weight is 301 g/mol. The summed E-state index contributed by atoms with van der Waals surface area (Å²) < 4.78 is 11.1. The molecule has 110 valence electrons. The molecule has 0 atom stereocenters. The van der Waals surface area contributed by atoms with E-state index in [9.17, 15) is 0 Å². The van der Waals surface area contributed by atoms with Gasteiger partial charge < -0.3 is 14.8 Å². The minimum Gasteiger partial charge on any atom is -0.486 e. The van der Waals surface area contributed by atoms with Crippen molar-refractivity contribution in [3.63, 3.8) is 0 Å². The van der Waals surface area contributed by atoms with Crippen molar-refractivity contribution >= 4 is 17.4 Å². The highest BCUT2D eigenvalue weighted by Gasteiger charge is 2.11. The van der Waals surface area contributed by atoms with Crippen LogP contribution in [0.1, 0.15) is 5.56 Å². The molecule has 3 nitrogen and oxygen atoms in total. The summed E-state index contributed by atoms with van der Waals surface area (Å²) in [6.07, 6.45) is 0. The van der Waals surface area contributed by atoms with Gasteiger partial charge in [0.1, 0.15) is 13.2 Å². The Bertz CT molecular complexity index is 615. The molecule has 0 fully saturated rings. The molecule has 2 aromatic rings. The van der Waals surface area contributed by atoms with Crippen molar-refractivity contribution in [1.29, 1.82) is 0 Å². The molecule has 0 radical (unpaired) electrons. The van der Waals surface area contributed by atoms with Crippen LogP contribution < -0.4 is 14.8 Å². The molecule has 4 heteroatoms. The number of thioether (sulfide) groups is 1. The molecule has 0 bridgehead atoms. The van der Waals surface area contributed by atoms with Gasteiger partial charge >= 0.3 is 0 Å². The van der Waals surface area contributed by atoms with Crippen LogP contribution in [-0.4, -0.2) is 25.5 Å². The lowest BCUT2D eigenvalue weighted by atomic mass is 10.2. The molecule has 1 N–H and O–H groups in total. The fraction of sp³-hybridized carbons (Fsp3) is 0.294. The first-order valence-electron chi connectivity index (χ1n) is 7.15. The van der Waals surface area contributed by atoms with Crippen LogP contribution >= 0.6 is 11.8 Å². The normalized spacial score (nSPS) is 13.0. The topological polar surface area (TPSA) is 30.5 Å². The van der Waals surface area contributed by atoms with Crippen LogP contribution in [0.2, 0.25) is 0 Å². The maximum Gasteiger partial charge on any atom is 0.162 e. The highest BCUT2D eigenvalue weighted by molar-refractivity contribution is 7.99. The Hall–Kier alpha value is -1.81. The lowest BCUT2D eigenvalue weighted by Crippen LogP contribution is -2.15. The fourth-order valence-corrected chi connectivity index (χ4v) is 3.03. The number of benzene rings is 2. The molecular formula is C17H19NO2S. The molecule has 2 aromatic carbocycles. The molecule has 1 aliphatic heterocycles. The van der Waals surface area contributed by atoms with Crippen LogP contribution in [-0.2, 0) is 0 Å². The molecule has 3 rings (SSSR count). The van der Waals surface area contributed by atoms with E-state index in [0.717, 1.165) is 23.8 Å². The van der Waals surface area contributed by atoms with Crippen LogP contribution in [0.25, 0.3) is 0 Å². The highest BCUT2D eigenvalue weighted by Crippen LogP contribution is 2.34. The first-order chi connectivity index (χ1) is 10.3. The van der Waals surface area contributed by atoms with E-state index in [1.807, 2.05) is 17.8 Å². The largest absolute Gasteiger partial charge is 0.486 e. The van der Waals surface area contributed by atoms with Gasteiger partial charge in [-0.1, -0.05) is 18.2 Å². The standard InChI is InChI=1S/C17H19NO2S/c1-13-4-2-3-5-15(13)18-8-11-21-14-6-7-16-17(12-14)20-10-9-19-16/h2-7,12,18H,8-11H2,1H3. The number of para-hydroxylation sites is 1. The number of hydrogen-bond acceptors (Lipinski definition) is 4. The van der Waals surface area contributed by atoms with E-state index in [0.29, 0.717) is 13.2 Å². The molecule has 21 heavy (non-hydrogen) atoms. The zero-order valence-electron chi connectivity index (χ0n) is 12.1. The molecule has 1 heterocycles. The van der Waals surface area contributed by atoms with Crippen LogP contribution in [0.4, 0.5) is 5.69 Å². The van der Waals surface area contributed by atoms with Crippen molar-refractivity contribution in [2.24, 2.45) is 0 Å². The van der Waals surface area contributed by atoms with Gasteiger partial charge in [0.15, 0.2) is 11.5 Å². The SMILES string of the molecule is Cc1ccccc1NCCSc1ccc2c(c1)OCCO2. The van der Waals surface area contributed by atoms with Crippen LogP contribution in [0.3, 0.4) is 0 Å². The second-order valence-electron chi connectivity index (χ2n) is 4.90. The Kier molecular flexibility index (Phi) is 4.55. The third-order valence-corrected chi connectivity index (χ3v) is 4.34. The lowest BCUT2D eigenvalue weighted by Gasteiger charge is -2.18. The predicted molar refractivity (Wildman–Crippen MR) is 87.8 cm³/mol. The highest BCUT2D eigenvalue weighted by atomic mass is 32.2. The van der Waals surface area contributed by atoms with Gasteiger partial charge in [0.05, 0.1) is 0 Å². The molecule has 1 aliphatic rings. The number of hydrogen-bond donors (Lipinski definition) is 1. The Morgan fingerprint density at radius 3 is 2.71 bits per heavy atom. The molecule has 0 aromatic heterocycles. The first-order valence-corrected chi connectivity index (χ1v) is 8.13. The van der Waals surface area contributed by atoms with E-state index in [-0.39, 0.29) is 0 Å². The van der Waals surface area contributed by atoms with Crippen molar-refractivity contribution in [3.05, 3.63) is 48.0 Å². The quantitative estimate of drug-likeness (QED) is 0.668. The maximum absolute atomic E-state index is 5.60. The van der Waals surface area contributed by atoms with Gasteiger partial charge in [-0.3, -0.25) is 0 Å². The van der Waals surface area contributed by atoms with Gasteiger partial charge in [-0.2, -0.15) is 0 Å². The number of ether oxygens (including phenoxy) is 2. The van der Waals surface area contributed by atoms with Gasteiger partial charge in [-0.25, -0.2) is 0 Å². The summed E-state index contributed by atoms with van der Waals surface area (Å²) in [5, 5.41) is 3.47. The minimum absolute atomic E-state index is 0.635. The number of rotatable bonds is 5. The number of aryl methyl sites for hydroxylation is 1. The van der Waals surface area contributed by atoms with Gasteiger partial charge in [-0.05, 0) is 36.8 Å². The van der Waals surface area contributed by atoms with Crippen LogP contribution in [0, 0.1) is 6.92 Å². The summed E-state index contributed by atoms with van der Waals surface area (Å²) in [7, 11) is 0. The summed E-state index contributed by atoms with van der Waals surface area (Å²) >= 11 is 1.82. The summed E-state index contributed by atoms with van der Waals surface area (Å²) in [6.45, 7) is 4.33. The smallest absolute Gasteiger partial charge is 0.162 e. The zero-order valence-corrected chi connectivity index (χ0v) is 12.9. The summed E-state index contributed by atoms with van der Waals surface area (Å²) in [5.41, 5.74) is 2.49. The minimum atomic E-state index is 0.635. The van der Waals surface area contributed by atoms with Gasteiger partial charge in [-0.15, -0.1) is 11.8 Å². The van der Waals surface area contributed by atoms with E-state index in [4.69, 9.17) is 9.47 Å². The molecular weight excluding hydrogens is 282 g/mol. The van der Waals surface area contributed by atoms with Crippen molar-refractivity contribution in [1.82, 2.24) is 0 Å².